The van der Waals surface area contributed by atoms with E-state index in [4.69, 9.17) is 22.1 Å². The van der Waals surface area contributed by atoms with E-state index in [1.54, 1.807) is 0 Å². The maximum Gasteiger partial charge on any atom is 0.135 e. The minimum absolute atomic E-state index is 0.435. The van der Waals surface area contributed by atoms with Crippen molar-refractivity contribution in [2.75, 3.05) is 32.8 Å². The summed E-state index contributed by atoms with van der Waals surface area (Å²) >= 11 is 6.02. The van der Waals surface area contributed by atoms with Gasteiger partial charge in [-0.1, -0.05) is 23.7 Å². The van der Waals surface area contributed by atoms with Gasteiger partial charge in [0.1, 0.15) is 11.7 Å². The smallest absolute Gasteiger partial charge is 0.135 e. The van der Waals surface area contributed by atoms with Gasteiger partial charge in [-0.05, 0) is 37.0 Å². The first-order valence-electron chi connectivity index (χ1n) is 9.41. The molecule has 2 N–H and O–H groups in total. The molecule has 2 saturated heterocycles. The van der Waals surface area contributed by atoms with Crippen LogP contribution in [0.2, 0.25) is 5.02 Å². The molecule has 0 radical (unpaired) electrons. The second kappa shape index (κ2) is 7.94. The number of nitrogens with two attached hydrogens (primary N) is 1. The molecule has 0 bridgehead atoms. The molecule has 0 aromatic heterocycles. The molecule has 3 aliphatic rings. The van der Waals surface area contributed by atoms with Crippen LogP contribution in [-0.2, 0) is 11.2 Å². The molecule has 3 aliphatic heterocycles. The Morgan fingerprint density at radius 1 is 1.12 bits per heavy atom. The maximum absolute atomic E-state index is 6.02. The zero-order valence-corrected chi connectivity index (χ0v) is 15.7. The Morgan fingerprint density at radius 3 is 2.58 bits per heavy atom. The number of hydrogen-bond donors (Lipinski definition) is 1. The summed E-state index contributed by atoms with van der Waals surface area (Å²) in [5.74, 6) is 1.65. The fourth-order valence-electron chi connectivity index (χ4n) is 4.20. The lowest BCUT2D eigenvalue weighted by Gasteiger charge is -2.45. The van der Waals surface area contributed by atoms with E-state index >= 15 is 0 Å². The quantitative estimate of drug-likeness (QED) is 0.878. The Kier molecular flexibility index (Phi) is 5.43. The summed E-state index contributed by atoms with van der Waals surface area (Å²) in [6, 6.07) is 9.23. The molecule has 0 spiro atoms. The molecule has 1 aromatic rings. The van der Waals surface area contributed by atoms with Gasteiger partial charge in [-0.3, -0.25) is 4.90 Å². The first kappa shape index (κ1) is 17.8. The van der Waals surface area contributed by atoms with Crippen molar-refractivity contribution in [1.29, 1.82) is 0 Å². The van der Waals surface area contributed by atoms with Crippen LogP contribution in [0, 0.1) is 0 Å². The third-order valence-corrected chi connectivity index (χ3v) is 5.84. The van der Waals surface area contributed by atoms with Gasteiger partial charge in [0.25, 0.3) is 0 Å². The number of piperidine rings is 1. The van der Waals surface area contributed by atoms with Crippen LogP contribution in [0.4, 0.5) is 0 Å². The molecule has 1 aromatic carbocycles. The van der Waals surface area contributed by atoms with Crippen LogP contribution in [0.1, 0.15) is 24.8 Å². The van der Waals surface area contributed by atoms with Crippen LogP contribution in [-0.4, -0.2) is 66.4 Å². The van der Waals surface area contributed by atoms with Crippen molar-refractivity contribution in [1.82, 2.24) is 9.80 Å². The average molecular weight is 376 g/mol. The molecule has 26 heavy (non-hydrogen) atoms. The van der Waals surface area contributed by atoms with Gasteiger partial charge in [-0.15, -0.1) is 10.2 Å². The van der Waals surface area contributed by atoms with Crippen molar-refractivity contribution < 1.29 is 4.74 Å². The topological polar surface area (TPSA) is 66.5 Å². The highest BCUT2D eigenvalue weighted by Gasteiger charge is 2.33. The number of likely N-dealkylation sites (tertiary alicyclic amines) is 1. The number of nitrogens with zero attached hydrogens (tertiary/aromatic N) is 4. The van der Waals surface area contributed by atoms with E-state index in [0.717, 1.165) is 63.0 Å². The second-order valence-electron chi connectivity index (χ2n) is 7.30. The van der Waals surface area contributed by atoms with Crippen LogP contribution in [0.25, 0.3) is 0 Å². The summed E-state index contributed by atoms with van der Waals surface area (Å²) < 4.78 is 5.79. The van der Waals surface area contributed by atoms with Crippen molar-refractivity contribution in [3.8, 4) is 0 Å². The number of morpholine rings is 1. The molecule has 0 aliphatic carbocycles. The maximum atomic E-state index is 6.02. The normalized spacial score (nSPS) is 25.3. The van der Waals surface area contributed by atoms with Crippen molar-refractivity contribution in [3.05, 3.63) is 34.9 Å². The Bertz CT molecular complexity index is 682. The number of amidine groups is 2. The summed E-state index contributed by atoms with van der Waals surface area (Å²) in [5, 5.41) is 8.98. The molecule has 3 heterocycles. The van der Waals surface area contributed by atoms with Crippen LogP contribution in [0.15, 0.2) is 34.5 Å². The highest BCUT2D eigenvalue weighted by molar-refractivity contribution is 6.30. The van der Waals surface area contributed by atoms with Gasteiger partial charge < -0.3 is 15.4 Å². The van der Waals surface area contributed by atoms with E-state index in [1.165, 1.54) is 5.56 Å². The van der Waals surface area contributed by atoms with Crippen molar-refractivity contribution in [3.63, 3.8) is 0 Å². The molecule has 1 atom stereocenters. The van der Waals surface area contributed by atoms with Gasteiger partial charge in [0.2, 0.25) is 0 Å². The highest BCUT2D eigenvalue weighted by atomic mass is 35.5. The number of ether oxygens (including phenoxy) is 1. The SMILES string of the molecule is NC1=NN=C(N2CCC(N3CCOC[C@@H]3Cc3ccc(Cl)cc3)CC2)C1. The van der Waals surface area contributed by atoms with Gasteiger partial charge in [0.15, 0.2) is 0 Å². The lowest BCUT2D eigenvalue weighted by Crippen LogP contribution is -2.55. The van der Waals surface area contributed by atoms with Crippen LogP contribution in [0.5, 0.6) is 0 Å². The van der Waals surface area contributed by atoms with Crippen molar-refractivity contribution in [2.45, 2.75) is 37.8 Å². The zero-order chi connectivity index (χ0) is 17.9. The largest absolute Gasteiger partial charge is 0.385 e. The summed E-state index contributed by atoms with van der Waals surface area (Å²) in [4.78, 5) is 5.01. The van der Waals surface area contributed by atoms with Crippen molar-refractivity contribution >= 4 is 23.3 Å². The Morgan fingerprint density at radius 2 is 1.88 bits per heavy atom. The zero-order valence-electron chi connectivity index (χ0n) is 15.0. The molecule has 140 valence electrons. The van der Waals surface area contributed by atoms with Crippen LogP contribution >= 0.6 is 11.6 Å². The molecule has 4 rings (SSSR count). The summed E-state index contributed by atoms with van der Waals surface area (Å²) in [6.07, 6.45) is 4.00. The first-order chi connectivity index (χ1) is 12.7. The monoisotopic (exact) mass is 375 g/mol. The van der Waals surface area contributed by atoms with Gasteiger partial charge in [0.05, 0.1) is 19.6 Å². The minimum atomic E-state index is 0.435. The van der Waals surface area contributed by atoms with E-state index in [2.05, 4.69) is 32.1 Å². The number of benzene rings is 1. The van der Waals surface area contributed by atoms with E-state index in [-0.39, 0.29) is 0 Å². The summed E-state index contributed by atoms with van der Waals surface area (Å²) in [5.41, 5.74) is 7.07. The Balaban J connectivity index is 1.35. The van der Waals surface area contributed by atoms with Crippen LogP contribution < -0.4 is 5.73 Å². The minimum Gasteiger partial charge on any atom is -0.385 e. The van der Waals surface area contributed by atoms with E-state index in [9.17, 15) is 0 Å². The van der Waals surface area contributed by atoms with Gasteiger partial charge in [-0.2, -0.15) is 0 Å². The van der Waals surface area contributed by atoms with E-state index in [0.29, 0.717) is 24.3 Å². The van der Waals surface area contributed by atoms with Gasteiger partial charge >= 0.3 is 0 Å². The molecule has 0 unspecified atom stereocenters. The molecule has 6 nitrogen and oxygen atoms in total. The number of halogens is 1. The summed E-state index contributed by atoms with van der Waals surface area (Å²) in [7, 11) is 0. The molecule has 0 saturated carbocycles. The van der Waals surface area contributed by atoms with E-state index < -0.39 is 0 Å². The molecule has 7 heteroatoms. The van der Waals surface area contributed by atoms with Gasteiger partial charge in [-0.25, -0.2) is 0 Å². The fraction of sp³-hybridized carbons (Fsp3) is 0.579. The highest BCUT2D eigenvalue weighted by Crippen LogP contribution is 2.24. The van der Waals surface area contributed by atoms with E-state index in [1.807, 2.05) is 12.1 Å². The first-order valence-corrected chi connectivity index (χ1v) is 9.78. The standard InChI is InChI=1S/C19H26ClN5O/c20-15-3-1-14(2-4-15)11-17-13-26-10-9-25(17)16-5-7-24(8-6-16)19-12-18(21)22-23-19/h1-4,16-17H,5-13H2,(H2,21,22)/t17-/m0/s1. The third kappa shape index (κ3) is 4.03. The Hall–Kier alpha value is -1.63. The van der Waals surface area contributed by atoms with Gasteiger partial charge in [0, 0.05) is 36.7 Å². The number of hydrogen-bond acceptors (Lipinski definition) is 6. The lowest BCUT2D eigenvalue weighted by molar-refractivity contribution is -0.0379. The van der Waals surface area contributed by atoms with Crippen LogP contribution in [0.3, 0.4) is 0 Å². The molecular formula is C19H26ClN5O. The predicted octanol–water partition coefficient (Wildman–Crippen LogP) is 2.12. The predicted molar refractivity (Wildman–Crippen MR) is 105 cm³/mol. The molecular weight excluding hydrogens is 350 g/mol. The van der Waals surface area contributed by atoms with Crippen molar-refractivity contribution in [2.24, 2.45) is 15.9 Å². The molecule has 0 amide bonds. The third-order valence-electron chi connectivity index (χ3n) is 5.59. The Labute approximate surface area is 159 Å². The molecule has 2 fully saturated rings. The second-order valence-corrected chi connectivity index (χ2v) is 7.74. The average Bonchev–Trinajstić information content (AvgIpc) is 3.11. The summed E-state index contributed by atoms with van der Waals surface area (Å²) in [6.45, 7) is 4.70. The number of rotatable bonds is 3. The lowest BCUT2D eigenvalue weighted by atomic mass is 9.97. The fourth-order valence-corrected chi connectivity index (χ4v) is 4.33.